The molecule has 0 aromatic carbocycles. The second-order valence-electron chi connectivity index (χ2n) is 11.6. The molecule has 7 heterocycles. The summed E-state index contributed by atoms with van der Waals surface area (Å²) in [6, 6.07) is 4.04. The van der Waals surface area contributed by atoms with Gasteiger partial charge in [-0.1, -0.05) is 13.8 Å². The number of pyridine rings is 1. The van der Waals surface area contributed by atoms with Crippen LogP contribution < -0.4 is 21.4 Å². The molecule has 7 N–H and O–H groups in total. The van der Waals surface area contributed by atoms with Gasteiger partial charge in [-0.25, -0.2) is 14.5 Å². The van der Waals surface area contributed by atoms with Crippen LogP contribution in [-0.2, 0) is 9.47 Å². The number of hydrogen-bond acceptors (Lipinski definition) is 13. The Labute approximate surface area is 280 Å². The number of nitrogens with zero attached hydrogens (tertiary/aromatic N) is 10. The van der Waals surface area contributed by atoms with Gasteiger partial charge in [0.25, 0.3) is 0 Å². The maximum atomic E-state index is 9.74. The maximum absolute atomic E-state index is 9.74. The first kappa shape index (κ1) is 34.6. The highest BCUT2D eigenvalue weighted by molar-refractivity contribution is 6.29. The van der Waals surface area contributed by atoms with Crippen LogP contribution in [0.25, 0.3) is 28.1 Å². The number of fused-ring (bicyclic) bond motifs is 2. The summed E-state index contributed by atoms with van der Waals surface area (Å²) in [6.45, 7) is 4.13. The summed E-state index contributed by atoms with van der Waals surface area (Å²) >= 11 is 12.0. The van der Waals surface area contributed by atoms with Gasteiger partial charge in [-0.2, -0.15) is 15.0 Å². The third-order valence-electron chi connectivity index (χ3n) is 8.32. The second-order valence-corrected chi connectivity index (χ2v) is 12.2. The van der Waals surface area contributed by atoms with Crippen LogP contribution >= 0.6 is 23.2 Å². The van der Waals surface area contributed by atoms with E-state index in [0.717, 1.165) is 18.5 Å². The molecular formula is C29H39Cl2N12O4+. The topological polar surface area (TPSA) is 214 Å². The number of ether oxygens (including phenoxy) is 2. The van der Waals surface area contributed by atoms with Crippen LogP contribution in [0.1, 0.15) is 45.6 Å². The van der Waals surface area contributed by atoms with E-state index >= 15 is 0 Å². The van der Waals surface area contributed by atoms with E-state index in [1.165, 1.54) is 6.33 Å². The van der Waals surface area contributed by atoms with Gasteiger partial charge < -0.3 is 36.5 Å². The lowest BCUT2D eigenvalue weighted by molar-refractivity contribution is -0.598. The van der Waals surface area contributed by atoms with Gasteiger partial charge in [0.05, 0.1) is 43.9 Å². The van der Waals surface area contributed by atoms with Gasteiger partial charge >= 0.3 is 11.1 Å². The summed E-state index contributed by atoms with van der Waals surface area (Å²) in [6.07, 6.45) is 7.82. The Morgan fingerprint density at radius 1 is 0.936 bits per heavy atom. The Balaban J connectivity index is 0.000000191. The molecule has 0 radical (unpaired) electrons. The molecule has 252 valence electrons. The third-order valence-corrected chi connectivity index (χ3v) is 8.65. The Kier molecular flexibility index (Phi) is 10.4. The monoisotopic (exact) mass is 689 g/mol. The molecule has 2 saturated heterocycles. The highest BCUT2D eigenvalue weighted by atomic mass is 35.5. The number of nitrogen functional groups attached to an aromatic ring is 1. The normalized spacial score (nSPS) is 23.9. The van der Waals surface area contributed by atoms with Gasteiger partial charge in [-0.05, 0) is 46.9 Å². The smallest absolute Gasteiger partial charge is 0.361 e. The number of halogens is 2. The number of aromatic nitrogens is 9. The summed E-state index contributed by atoms with van der Waals surface area (Å²) in [5, 5.41) is 19.0. The van der Waals surface area contributed by atoms with Crippen molar-refractivity contribution in [1.29, 1.82) is 0 Å². The molecule has 16 nitrogen and oxygen atoms in total. The van der Waals surface area contributed by atoms with E-state index in [1.807, 2.05) is 52.7 Å². The van der Waals surface area contributed by atoms with Gasteiger partial charge in [0.15, 0.2) is 17.1 Å². The van der Waals surface area contributed by atoms with E-state index in [4.69, 9.17) is 43.5 Å². The van der Waals surface area contributed by atoms with Crippen molar-refractivity contribution >= 4 is 57.0 Å². The van der Waals surface area contributed by atoms with Gasteiger partial charge in [-0.15, -0.1) is 0 Å². The first-order valence-corrected chi connectivity index (χ1v) is 15.7. The lowest BCUT2D eigenvalue weighted by Gasteiger charge is -2.14. The molecule has 0 saturated carbocycles. The minimum Gasteiger partial charge on any atom is -0.394 e. The van der Waals surface area contributed by atoms with Crippen molar-refractivity contribution in [3.05, 3.63) is 47.7 Å². The molecule has 5 aromatic rings. The van der Waals surface area contributed by atoms with Gasteiger partial charge in [0, 0.05) is 38.3 Å². The van der Waals surface area contributed by atoms with Crippen LogP contribution in [0.2, 0.25) is 10.6 Å². The Morgan fingerprint density at radius 2 is 1.51 bits per heavy atom. The minimum absolute atomic E-state index is 0. The van der Waals surface area contributed by atoms with Crippen LogP contribution in [0.5, 0.6) is 0 Å². The molecule has 47 heavy (non-hydrogen) atoms. The summed E-state index contributed by atoms with van der Waals surface area (Å²) in [4.78, 5) is 27.5. The molecule has 7 rings (SSSR count). The molecule has 5 aromatic heterocycles. The van der Waals surface area contributed by atoms with Crippen molar-refractivity contribution < 1.29 is 24.3 Å². The first-order chi connectivity index (χ1) is 22.1. The van der Waals surface area contributed by atoms with Crippen LogP contribution in [0.15, 0.2) is 37.2 Å². The quantitative estimate of drug-likeness (QED) is 0.149. The molecule has 2 aliphatic rings. The molecule has 18 heteroatoms. The summed E-state index contributed by atoms with van der Waals surface area (Å²) in [5.41, 5.74) is 9.08. The minimum atomic E-state index is -0.734. The zero-order valence-corrected chi connectivity index (χ0v) is 28.0. The Bertz CT molecular complexity index is 1840. The van der Waals surface area contributed by atoms with E-state index < -0.39 is 18.4 Å². The number of nitrogens with two attached hydrogens (primary N) is 1. The average Bonchev–Trinajstić information content (AvgIpc) is 3.81. The SMILES string of the molecule is CC[C@H]1OC(n2cnc3c(-[n+]4ccc(N(C)C)cc4)nc(Cl)nc32)CC1C.N.Nc1nc(Cl)nc2c1ncn2C1CC(O)[C@@H](CO)O1. The lowest BCUT2D eigenvalue weighted by Crippen LogP contribution is -2.32. The van der Waals surface area contributed by atoms with Gasteiger partial charge in [0.1, 0.15) is 24.1 Å². The molecule has 0 spiro atoms. The van der Waals surface area contributed by atoms with Crippen LogP contribution in [0.4, 0.5) is 11.5 Å². The molecule has 4 unspecified atom stereocenters. The standard InChI is InChI=1S/C19H24ClN6O.C10H12ClN5O3.H3N/c1-5-14-12(2)10-15(27-14)26-11-21-16-17(22-19(20)23-18(16)26)25-8-6-13(7-9-25)24(3)4;11-10-14-8(12)7-9(15-10)16(3-13-7)6-1-4(18)5(2-17)19-6;/h6-9,11-12,14-15H,5,10H2,1-4H3;3-6,17-18H,1-2H2,(H2,12,14,15);1H3/q+1;;/t12?,14-,15?;4?,5-,6?;/m11./s1. The summed E-state index contributed by atoms with van der Waals surface area (Å²) in [5.74, 6) is 1.35. The van der Waals surface area contributed by atoms with Crippen molar-refractivity contribution in [2.45, 2.75) is 63.9 Å². The average molecular weight is 691 g/mol. The molecule has 0 bridgehead atoms. The largest absolute Gasteiger partial charge is 0.394 e. The predicted octanol–water partition coefficient (Wildman–Crippen LogP) is 3.02. The first-order valence-electron chi connectivity index (χ1n) is 14.9. The van der Waals surface area contributed by atoms with E-state index in [-0.39, 0.29) is 41.5 Å². The van der Waals surface area contributed by atoms with E-state index in [2.05, 4.69) is 43.8 Å². The second kappa shape index (κ2) is 14.1. The zero-order valence-electron chi connectivity index (χ0n) is 26.5. The van der Waals surface area contributed by atoms with Crippen molar-refractivity contribution in [1.82, 2.24) is 45.2 Å². The van der Waals surface area contributed by atoms with E-state index in [9.17, 15) is 5.11 Å². The maximum Gasteiger partial charge on any atom is 0.361 e. The van der Waals surface area contributed by atoms with Crippen LogP contribution in [0, 0.1) is 5.92 Å². The fraction of sp³-hybridized carbons (Fsp3) is 0.483. The van der Waals surface area contributed by atoms with Gasteiger partial charge in [-0.3, -0.25) is 9.13 Å². The third kappa shape index (κ3) is 6.80. The molecule has 2 aliphatic heterocycles. The number of aliphatic hydroxyl groups is 2. The molecular weight excluding hydrogens is 651 g/mol. The predicted molar refractivity (Wildman–Crippen MR) is 176 cm³/mol. The van der Waals surface area contributed by atoms with E-state index in [0.29, 0.717) is 40.5 Å². The number of hydrogen-bond donors (Lipinski definition) is 4. The molecule has 0 amide bonds. The van der Waals surface area contributed by atoms with Crippen LogP contribution in [0.3, 0.4) is 0 Å². The number of imidazole rings is 2. The zero-order chi connectivity index (χ0) is 32.7. The van der Waals surface area contributed by atoms with Crippen LogP contribution in [-0.4, -0.2) is 88.3 Å². The number of anilines is 2. The number of rotatable bonds is 6. The Morgan fingerprint density at radius 3 is 2.09 bits per heavy atom. The fourth-order valence-corrected chi connectivity index (χ4v) is 6.17. The van der Waals surface area contributed by atoms with Crippen molar-refractivity contribution in [3.8, 4) is 5.82 Å². The van der Waals surface area contributed by atoms with Crippen molar-refractivity contribution in [2.75, 3.05) is 31.3 Å². The lowest BCUT2D eigenvalue weighted by atomic mass is 10.0. The van der Waals surface area contributed by atoms with Crippen molar-refractivity contribution in [2.24, 2.45) is 5.92 Å². The summed E-state index contributed by atoms with van der Waals surface area (Å²) in [7, 11) is 4.01. The molecule has 2 fully saturated rings. The molecule has 6 atom stereocenters. The Hall–Kier alpha value is -3.77. The fourth-order valence-electron chi connectivity index (χ4n) is 5.84. The summed E-state index contributed by atoms with van der Waals surface area (Å²) < 4.78 is 17.3. The van der Waals surface area contributed by atoms with Crippen molar-refractivity contribution in [3.63, 3.8) is 0 Å². The highest BCUT2D eigenvalue weighted by Crippen LogP contribution is 2.36. The highest BCUT2D eigenvalue weighted by Gasteiger charge is 2.36. The molecule has 0 aliphatic carbocycles. The van der Waals surface area contributed by atoms with E-state index in [1.54, 1.807) is 10.9 Å². The van der Waals surface area contributed by atoms with Gasteiger partial charge in [0.2, 0.25) is 10.8 Å². The number of aliphatic hydroxyl groups excluding tert-OH is 2.